The standard InChI is InChI=1S/C13H24N2O4/c1-5-19-9-6-13(14,12(9,3)4)11(18)15-7-8(2)10(16)17/h8-9H,5-7,14H2,1-4H3,(H,15,18)(H,16,17). The van der Waals surface area contributed by atoms with Crippen LogP contribution in [0.1, 0.15) is 34.1 Å². The molecule has 0 radical (unpaired) electrons. The Morgan fingerprint density at radius 1 is 1.53 bits per heavy atom. The van der Waals surface area contributed by atoms with E-state index in [1.165, 1.54) is 0 Å². The first-order valence-electron chi connectivity index (χ1n) is 6.58. The van der Waals surface area contributed by atoms with E-state index in [0.29, 0.717) is 13.0 Å². The molecule has 1 aliphatic rings. The average Bonchev–Trinajstić information content (AvgIpc) is 2.34. The third-order valence-electron chi connectivity index (χ3n) is 4.23. The molecule has 0 saturated heterocycles. The van der Waals surface area contributed by atoms with Crippen LogP contribution in [0, 0.1) is 11.3 Å². The first-order valence-corrected chi connectivity index (χ1v) is 6.58. The molecule has 1 rings (SSSR count). The number of ether oxygens (including phenoxy) is 1. The van der Waals surface area contributed by atoms with Crippen molar-refractivity contribution in [2.45, 2.75) is 45.8 Å². The predicted molar refractivity (Wildman–Crippen MR) is 70.5 cm³/mol. The summed E-state index contributed by atoms with van der Waals surface area (Å²) < 4.78 is 5.55. The smallest absolute Gasteiger partial charge is 0.308 e. The van der Waals surface area contributed by atoms with Crippen LogP contribution in [-0.2, 0) is 14.3 Å². The van der Waals surface area contributed by atoms with E-state index in [1.54, 1.807) is 6.92 Å². The highest BCUT2D eigenvalue weighted by atomic mass is 16.5. The summed E-state index contributed by atoms with van der Waals surface area (Å²) in [6, 6.07) is 0. The molecule has 0 bridgehead atoms. The number of carboxylic acids is 1. The lowest BCUT2D eigenvalue weighted by molar-refractivity contribution is -0.170. The molecular formula is C13H24N2O4. The van der Waals surface area contributed by atoms with Crippen molar-refractivity contribution in [2.75, 3.05) is 13.2 Å². The average molecular weight is 272 g/mol. The third kappa shape index (κ3) is 2.74. The van der Waals surface area contributed by atoms with Gasteiger partial charge >= 0.3 is 5.97 Å². The molecule has 6 heteroatoms. The van der Waals surface area contributed by atoms with E-state index < -0.39 is 22.8 Å². The van der Waals surface area contributed by atoms with Crippen LogP contribution < -0.4 is 11.1 Å². The van der Waals surface area contributed by atoms with E-state index in [1.807, 2.05) is 20.8 Å². The summed E-state index contributed by atoms with van der Waals surface area (Å²) in [6.45, 7) is 7.92. The second kappa shape index (κ2) is 5.46. The second-order valence-electron chi connectivity index (χ2n) is 5.79. The number of aliphatic carboxylic acids is 1. The van der Waals surface area contributed by atoms with Crippen LogP contribution in [-0.4, -0.2) is 41.8 Å². The highest BCUT2D eigenvalue weighted by Gasteiger charge is 2.62. The van der Waals surface area contributed by atoms with E-state index in [4.69, 9.17) is 15.6 Å². The normalized spacial score (nSPS) is 30.3. The van der Waals surface area contributed by atoms with Crippen LogP contribution in [0.3, 0.4) is 0 Å². The summed E-state index contributed by atoms with van der Waals surface area (Å²) in [5, 5.41) is 11.4. The van der Waals surface area contributed by atoms with Crippen molar-refractivity contribution in [3.05, 3.63) is 0 Å². The number of amides is 1. The maximum Gasteiger partial charge on any atom is 0.308 e. The molecule has 1 fully saturated rings. The number of hydrogen-bond acceptors (Lipinski definition) is 4. The minimum Gasteiger partial charge on any atom is -0.481 e. The van der Waals surface area contributed by atoms with E-state index >= 15 is 0 Å². The van der Waals surface area contributed by atoms with Gasteiger partial charge in [-0.3, -0.25) is 9.59 Å². The molecule has 0 aromatic heterocycles. The quantitative estimate of drug-likeness (QED) is 0.648. The molecule has 0 heterocycles. The van der Waals surface area contributed by atoms with Crippen molar-refractivity contribution >= 4 is 11.9 Å². The molecule has 1 saturated carbocycles. The van der Waals surface area contributed by atoms with Crippen LogP contribution >= 0.6 is 0 Å². The fourth-order valence-electron chi connectivity index (χ4n) is 2.31. The molecule has 4 N–H and O–H groups in total. The number of nitrogens with one attached hydrogen (secondary N) is 1. The van der Waals surface area contributed by atoms with Gasteiger partial charge in [0.25, 0.3) is 0 Å². The molecule has 1 amide bonds. The van der Waals surface area contributed by atoms with Gasteiger partial charge in [0.1, 0.15) is 5.54 Å². The lowest BCUT2D eigenvalue weighted by atomic mass is 9.54. The Morgan fingerprint density at radius 2 is 2.11 bits per heavy atom. The van der Waals surface area contributed by atoms with Gasteiger partial charge in [-0.25, -0.2) is 0 Å². The second-order valence-corrected chi connectivity index (χ2v) is 5.79. The van der Waals surface area contributed by atoms with Crippen molar-refractivity contribution in [3.8, 4) is 0 Å². The van der Waals surface area contributed by atoms with E-state index in [0.717, 1.165) is 0 Å². The minimum atomic E-state index is -0.995. The summed E-state index contributed by atoms with van der Waals surface area (Å²) in [6.07, 6.45) is 0.423. The summed E-state index contributed by atoms with van der Waals surface area (Å²) >= 11 is 0. The fourth-order valence-corrected chi connectivity index (χ4v) is 2.31. The zero-order valence-electron chi connectivity index (χ0n) is 12.0. The number of nitrogens with two attached hydrogens (primary N) is 1. The van der Waals surface area contributed by atoms with Gasteiger partial charge in [0.15, 0.2) is 0 Å². The molecule has 1 aliphatic carbocycles. The monoisotopic (exact) mass is 272 g/mol. The largest absolute Gasteiger partial charge is 0.481 e. The maximum atomic E-state index is 12.2. The van der Waals surface area contributed by atoms with E-state index in [9.17, 15) is 9.59 Å². The molecular weight excluding hydrogens is 248 g/mol. The Morgan fingerprint density at radius 3 is 2.53 bits per heavy atom. The first-order chi connectivity index (χ1) is 8.66. The fraction of sp³-hybridized carbons (Fsp3) is 0.846. The molecule has 6 nitrogen and oxygen atoms in total. The number of carbonyl (C=O) groups excluding carboxylic acids is 1. The van der Waals surface area contributed by atoms with Gasteiger partial charge in [-0.05, 0) is 6.92 Å². The van der Waals surface area contributed by atoms with Crippen molar-refractivity contribution in [1.82, 2.24) is 5.32 Å². The van der Waals surface area contributed by atoms with Crippen molar-refractivity contribution in [2.24, 2.45) is 17.1 Å². The van der Waals surface area contributed by atoms with Gasteiger partial charge in [0.2, 0.25) is 5.91 Å². The Hall–Kier alpha value is -1.14. The molecule has 110 valence electrons. The SMILES string of the molecule is CCOC1CC(N)(C(=O)NCC(C)C(=O)O)C1(C)C. The Balaban J connectivity index is 2.60. The zero-order chi connectivity index (χ0) is 14.8. The van der Waals surface area contributed by atoms with Gasteiger partial charge < -0.3 is 20.9 Å². The van der Waals surface area contributed by atoms with Gasteiger partial charge in [-0.2, -0.15) is 0 Å². The zero-order valence-corrected chi connectivity index (χ0v) is 12.0. The summed E-state index contributed by atoms with van der Waals surface area (Å²) in [4.78, 5) is 22.9. The van der Waals surface area contributed by atoms with Crippen LogP contribution in [0.15, 0.2) is 0 Å². The van der Waals surface area contributed by atoms with Crippen molar-refractivity contribution in [1.29, 1.82) is 0 Å². The molecule has 3 atom stereocenters. The topological polar surface area (TPSA) is 102 Å². The molecule has 3 unspecified atom stereocenters. The Labute approximate surface area is 113 Å². The molecule has 0 spiro atoms. The molecule has 0 aromatic rings. The summed E-state index contributed by atoms with van der Waals surface area (Å²) in [7, 11) is 0. The van der Waals surface area contributed by atoms with Crippen LogP contribution in [0.5, 0.6) is 0 Å². The highest BCUT2D eigenvalue weighted by molar-refractivity contribution is 5.89. The predicted octanol–water partition coefficient (Wildman–Crippen LogP) is 0.356. The summed E-state index contributed by atoms with van der Waals surface area (Å²) in [5.74, 6) is -1.87. The molecule has 19 heavy (non-hydrogen) atoms. The number of rotatable bonds is 6. The number of carboxylic acid groups (broad SMARTS) is 1. The minimum absolute atomic E-state index is 0.0369. The summed E-state index contributed by atoms with van der Waals surface area (Å²) in [5.41, 5.74) is 4.71. The third-order valence-corrected chi connectivity index (χ3v) is 4.23. The van der Waals surface area contributed by atoms with Gasteiger partial charge in [0.05, 0.1) is 12.0 Å². The first kappa shape index (κ1) is 15.9. The number of hydrogen-bond donors (Lipinski definition) is 3. The van der Waals surface area contributed by atoms with Crippen molar-refractivity contribution in [3.63, 3.8) is 0 Å². The lowest BCUT2D eigenvalue weighted by Gasteiger charge is -2.57. The number of carbonyl (C=O) groups is 2. The van der Waals surface area contributed by atoms with Crippen LogP contribution in [0.2, 0.25) is 0 Å². The van der Waals surface area contributed by atoms with Gasteiger partial charge in [-0.15, -0.1) is 0 Å². The molecule has 0 aliphatic heterocycles. The van der Waals surface area contributed by atoms with E-state index in [-0.39, 0.29) is 18.6 Å². The van der Waals surface area contributed by atoms with Crippen LogP contribution in [0.4, 0.5) is 0 Å². The molecule has 0 aromatic carbocycles. The maximum absolute atomic E-state index is 12.2. The van der Waals surface area contributed by atoms with Gasteiger partial charge in [-0.1, -0.05) is 20.8 Å². The van der Waals surface area contributed by atoms with Gasteiger partial charge in [0, 0.05) is 25.0 Å². The Kier molecular flexibility index (Phi) is 4.58. The van der Waals surface area contributed by atoms with E-state index in [2.05, 4.69) is 5.32 Å². The highest BCUT2D eigenvalue weighted by Crippen LogP contribution is 2.49. The van der Waals surface area contributed by atoms with Crippen molar-refractivity contribution < 1.29 is 19.4 Å². The Bertz CT molecular complexity index is 370. The van der Waals surface area contributed by atoms with Crippen LogP contribution in [0.25, 0.3) is 0 Å². The lowest BCUT2D eigenvalue weighted by Crippen LogP contribution is -2.75.